The number of nitrogens with zero attached hydrogens (tertiary/aromatic N) is 1. The summed E-state index contributed by atoms with van der Waals surface area (Å²) in [7, 11) is 0. The Balaban J connectivity index is 2.30. The number of benzene rings is 2. The maximum atomic E-state index is 13.3. The van der Waals surface area contributed by atoms with Gasteiger partial charge in [0, 0.05) is 28.9 Å². The molecule has 0 spiro atoms. The van der Waals surface area contributed by atoms with Gasteiger partial charge in [-0.15, -0.1) is 0 Å². The SMILES string of the molecule is O=Cc1cn(-c2ccc(F)c(F)c2)c2ccccc12. The van der Waals surface area contributed by atoms with Crippen LogP contribution < -0.4 is 0 Å². The first-order valence-electron chi connectivity index (χ1n) is 5.71. The van der Waals surface area contributed by atoms with Crippen molar-refractivity contribution in [3.05, 3.63) is 65.9 Å². The Kier molecular flexibility index (Phi) is 2.63. The van der Waals surface area contributed by atoms with Crippen molar-refractivity contribution in [3.8, 4) is 5.69 Å². The molecule has 1 heterocycles. The average Bonchev–Trinajstić information content (AvgIpc) is 2.81. The highest BCUT2D eigenvalue weighted by atomic mass is 19.2. The molecule has 0 fully saturated rings. The lowest BCUT2D eigenvalue weighted by Crippen LogP contribution is -1.94. The van der Waals surface area contributed by atoms with E-state index in [0.717, 1.165) is 29.3 Å². The second-order valence-electron chi connectivity index (χ2n) is 4.19. The number of para-hydroxylation sites is 1. The van der Waals surface area contributed by atoms with Crippen LogP contribution in [0.25, 0.3) is 16.6 Å². The highest BCUT2D eigenvalue weighted by Crippen LogP contribution is 2.24. The second kappa shape index (κ2) is 4.31. The molecule has 0 aliphatic rings. The molecule has 0 saturated carbocycles. The fourth-order valence-electron chi connectivity index (χ4n) is 2.15. The summed E-state index contributed by atoms with van der Waals surface area (Å²) in [6.07, 6.45) is 2.36. The molecular weight excluding hydrogens is 248 g/mol. The predicted octanol–water partition coefficient (Wildman–Crippen LogP) is 3.72. The summed E-state index contributed by atoms with van der Waals surface area (Å²) in [4.78, 5) is 11.0. The first-order valence-corrected chi connectivity index (χ1v) is 5.71. The fraction of sp³-hybridized carbons (Fsp3) is 0. The van der Waals surface area contributed by atoms with E-state index in [9.17, 15) is 13.6 Å². The lowest BCUT2D eigenvalue weighted by atomic mass is 10.2. The van der Waals surface area contributed by atoms with Crippen LogP contribution in [0, 0.1) is 11.6 Å². The van der Waals surface area contributed by atoms with Crippen LogP contribution in [0.2, 0.25) is 0 Å². The predicted molar refractivity (Wildman–Crippen MR) is 68.6 cm³/mol. The van der Waals surface area contributed by atoms with E-state index in [1.165, 1.54) is 6.07 Å². The van der Waals surface area contributed by atoms with Crippen LogP contribution in [0.4, 0.5) is 8.78 Å². The van der Waals surface area contributed by atoms with Crippen LogP contribution in [0.1, 0.15) is 10.4 Å². The molecule has 0 unspecified atom stereocenters. The molecule has 3 aromatic rings. The van der Waals surface area contributed by atoms with Crippen molar-refractivity contribution in [2.75, 3.05) is 0 Å². The number of hydrogen-bond donors (Lipinski definition) is 0. The molecule has 3 rings (SSSR count). The molecule has 4 heteroatoms. The number of carbonyl (C=O) groups excluding carboxylic acids is 1. The van der Waals surface area contributed by atoms with Gasteiger partial charge in [-0.1, -0.05) is 18.2 Å². The normalized spacial score (nSPS) is 10.8. The van der Waals surface area contributed by atoms with E-state index in [-0.39, 0.29) is 0 Å². The summed E-state index contributed by atoms with van der Waals surface area (Å²) in [5.74, 6) is -1.81. The molecule has 19 heavy (non-hydrogen) atoms. The third-order valence-electron chi connectivity index (χ3n) is 3.05. The Morgan fingerprint density at radius 3 is 2.53 bits per heavy atom. The van der Waals surface area contributed by atoms with Crippen molar-refractivity contribution >= 4 is 17.2 Å². The van der Waals surface area contributed by atoms with E-state index < -0.39 is 11.6 Å². The van der Waals surface area contributed by atoms with Gasteiger partial charge in [0.05, 0.1) is 5.52 Å². The molecule has 0 radical (unpaired) electrons. The van der Waals surface area contributed by atoms with Gasteiger partial charge in [-0.25, -0.2) is 8.78 Å². The molecule has 0 N–H and O–H groups in total. The van der Waals surface area contributed by atoms with E-state index in [1.807, 2.05) is 24.3 Å². The minimum Gasteiger partial charge on any atom is -0.316 e. The van der Waals surface area contributed by atoms with Crippen LogP contribution in [-0.2, 0) is 0 Å². The zero-order valence-electron chi connectivity index (χ0n) is 9.81. The van der Waals surface area contributed by atoms with Gasteiger partial charge in [-0.2, -0.15) is 0 Å². The van der Waals surface area contributed by atoms with Crippen molar-refractivity contribution in [1.82, 2.24) is 4.57 Å². The molecule has 2 nitrogen and oxygen atoms in total. The first kappa shape index (κ1) is 11.6. The quantitative estimate of drug-likeness (QED) is 0.641. The number of carbonyl (C=O) groups is 1. The second-order valence-corrected chi connectivity index (χ2v) is 4.19. The van der Waals surface area contributed by atoms with Gasteiger partial charge in [-0.3, -0.25) is 4.79 Å². The van der Waals surface area contributed by atoms with Crippen molar-refractivity contribution < 1.29 is 13.6 Å². The summed E-state index contributed by atoms with van der Waals surface area (Å²) in [6, 6.07) is 10.9. The Hall–Kier alpha value is -2.49. The molecule has 0 amide bonds. The van der Waals surface area contributed by atoms with Gasteiger partial charge in [0.2, 0.25) is 0 Å². The topological polar surface area (TPSA) is 22.0 Å². The molecule has 0 aliphatic heterocycles. The van der Waals surface area contributed by atoms with Crippen LogP contribution in [0.15, 0.2) is 48.7 Å². The van der Waals surface area contributed by atoms with Crippen LogP contribution in [-0.4, -0.2) is 10.9 Å². The van der Waals surface area contributed by atoms with Gasteiger partial charge >= 0.3 is 0 Å². The van der Waals surface area contributed by atoms with Gasteiger partial charge in [0.15, 0.2) is 17.9 Å². The number of rotatable bonds is 2. The largest absolute Gasteiger partial charge is 0.316 e. The first-order chi connectivity index (χ1) is 9.20. The van der Waals surface area contributed by atoms with Crippen molar-refractivity contribution in [2.24, 2.45) is 0 Å². The number of aromatic nitrogens is 1. The molecule has 0 aliphatic carbocycles. The number of hydrogen-bond acceptors (Lipinski definition) is 1. The van der Waals surface area contributed by atoms with Gasteiger partial charge in [-0.05, 0) is 18.2 Å². The summed E-state index contributed by atoms with van der Waals surface area (Å²) < 4.78 is 27.9. The van der Waals surface area contributed by atoms with Gasteiger partial charge in [0.25, 0.3) is 0 Å². The highest BCUT2D eigenvalue weighted by molar-refractivity contribution is 5.98. The fourth-order valence-corrected chi connectivity index (χ4v) is 2.15. The lowest BCUT2D eigenvalue weighted by molar-refractivity contribution is 0.112. The maximum Gasteiger partial charge on any atom is 0.160 e. The van der Waals surface area contributed by atoms with Crippen molar-refractivity contribution in [3.63, 3.8) is 0 Å². The summed E-state index contributed by atoms with van der Waals surface area (Å²) in [5, 5.41) is 0.780. The van der Waals surface area contributed by atoms with Crippen LogP contribution in [0.3, 0.4) is 0 Å². The van der Waals surface area contributed by atoms with Crippen molar-refractivity contribution in [2.45, 2.75) is 0 Å². The number of halogens is 2. The Labute approximate surface area is 107 Å². The Morgan fingerprint density at radius 2 is 1.79 bits per heavy atom. The maximum absolute atomic E-state index is 13.3. The molecule has 1 aromatic heterocycles. The highest BCUT2D eigenvalue weighted by Gasteiger charge is 2.10. The summed E-state index contributed by atoms with van der Waals surface area (Å²) in [6.45, 7) is 0. The third kappa shape index (κ3) is 1.81. The summed E-state index contributed by atoms with van der Waals surface area (Å²) >= 11 is 0. The molecule has 0 bridgehead atoms. The van der Waals surface area contributed by atoms with Crippen LogP contribution >= 0.6 is 0 Å². The van der Waals surface area contributed by atoms with E-state index in [4.69, 9.17) is 0 Å². The summed E-state index contributed by atoms with van der Waals surface area (Å²) in [5.41, 5.74) is 1.76. The molecule has 94 valence electrons. The smallest absolute Gasteiger partial charge is 0.160 e. The molecule has 0 atom stereocenters. The van der Waals surface area contributed by atoms with Crippen LogP contribution in [0.5, 0.6) is 0 Å². The van der Waals surface area contributed by atoms with E-state index in [1.54, 1.807) is 10.8 Å². The standard InChI is InChI=1S/C15H9F2NO/c16-13-6-5-11(7-14(13)17)18-8-10(9-19)12-3-1-2-4-15(12)18/h1-9H. The van der Waals surface area contributed by atoms with E-state index in [2.05, 4.69) is 0 Å². The lowest BCUT2D eigenvalue weighted by Gasteiger charge is -2.05. The van der Waals surface area contributed by atoms with E-state index >= 15 is 0 Å². The number of aldehydes is 1. The zero-order chi connectivity index (χ0) is 13.4. The Morgan fingerprint density at radius 1 is 1.00 bits per heavy atom. The minimum absolute atomic E-state index is 0.475. The minimum atomic E-state index is -0.914. The monoisotopic (exact) mass is 257 g/mol. The molecule has 0 saturated heterocycles. The van der Waals surface area contributed by atoms with E-state index in [0.29, 0.717) is 11.3 Å². The molecule has 2 aromatic carbocycles. The Bertz CT molecular complexity index is 777. The third-order valence-corrected chi connectivity index (χ3v) is 3.05. The molecular formula is C15H9F2NO. The van der Waals surface area contributed by atoms with Gasteiger partial charge in [0.1, 0.15) is 0 Å². The van der Waals surface area contributed by atoms with Crippen molar-refractivity contribution in [1.29, 1.82) is 0 Å². The zero-order valence-corrected chi connectivity index (χ0v) is 9.81. The average molecular weight is 257 g/mol. The van der Waals surface area contributed by atoms with Gasteiger partial charge < -0.3 is 4.57 Å². The number of fused-ring (bicyclic) bond motifs is 1.